The maximum absolute atomic E-state index is 9.35. The second-order valence-corrected chi connectivity index (χ2v) is 12.1. The highest BCUT2D eigenvalue weighted by Crippen LogP contribution is 2.26. The highest BCUT2D eigenvalue weighted by atomic mass is 16.5. The van der Waals surface area contributed by atoms with Crippen molar-refractivity contribution in [3.05, 3.63) is 102 Å². The van der Waals surface area contributed by atoms with Crippen molar-refractivity contribution in [1.82, 2.24) is 0 Å². The number of hydrogen-bond acceptors (Lipinski definition) is 3. The third-order valence-electron chi connectivity index (χ3n) is 7.59. The van der Waals surface area contributed by atoms with Crippen molar-refractivity contribution in [2.24, 2.45) is 0 Å². The largest absolute Gasteiger partial charge is 0.508 e. The van der Waals surface area contributed by atoms with E-state index in [0.29, 0.717) is 29.3 Å². The average molecular weight is 557 g/mol. The van der Waals surface area contributed by atoms with Gasteiger partial charge in [-0.1, -0.05) is 90.1 Å². The van der Waals surface area contributed by atoms with Gasteiger partial charge in [0.1, 0.15) is 22.8 Å². The summed E-state index contributed by atoms with van der Waals surface area (Å²) in [5, 5.41) is 20.7. The molecule has 3 atom stereocenters. The van der Waals surface area contributed by atoms with Gasteiger partial charge in [0.15, 0.2) is 0 Å². The lowest BCUT2D eigenvalue weighted by atomic mass is 9.96. The molecule has 0 bridgehead atoms. The third-order valence-corrected chi connectivity index (χ3v) is 7.59. The summed E-state index contributed by atoms with van der Waals surface area (Å²) >= 11 is 0. The van der Waals surface area contributed by atoms with Crippen LogP contribution in [0.15, 0.2) is 84.9 Å². The molecule has 0 aliphatic rings. The van der Waals surface area contributed by atoms with Crippen LogP contribution in [-0.2, 0) is 0 Å². The van der Waals surface area contributed by atoms with Crippen LogP contribution in [0, 0.1) is 0 Å². The second kappa shape index (κ2) is 16.1. The van der Waals surface area contributed by atoms with E-state index >= 15 is 0 Å². The van der Waals surface area contributed by atoms with E-state index in [4.69, 9.17) is 9.84 Å². The molecule has 0 radical (unpaired) electrons. The normalized spacial score (nSPS) is 13.2. The summed E-state index contributed by atoms with van der Waals surface area (Å²) in [4.78, 5) is 0. The van der Waals surface area contributed by atoms with Gasteiger partial charge in [-0.05, 0) is 122 Å². The molecule has 3 unspecified atom stereocenters. The zero-order chi connectivity index (χ0) is 30.6. The van der Waals surface area contributed by atoms with Crippen LogP contribution in [0.2, 0.25) is 0 Å². The zero-order valence-electron chi connectivity index (χ0n) is 26.7. The predicted octanol–water partition coefficient (Wildman–Crippen LogP) is 11.3. The molecular formula is C38H52O3. The van der Waals surface area contributed by atoms with Gasteiger partial charge < -0.3 is 14.9 Å². The van der Waals surface area contributed by atoms with E-state index in [1.165, 1.54) is 28.5 Å². The number of phenols is 2. The lowest BCUT2D eigenvalue weighted by Crippen LogP contribution is -2.22. The monoisotopic (exact) mass is 556 g/mol. The van der Waals surface area contributed by atoms with Crippen molar-refractivity contribution in [3.8, 4) is 17.2 Å². The standard InChI is InChI=1S/C14H16O.C14H22O.C10H14O/c1-3-10(2)11-4-5-13-9-14(15)7-6-12(13)8-11;1-6-11(2)12-7-9-13(10-8-12)15-14(3,4)5;1-3-8(2)9-4-6-10(11)7-5-9/h4-10,15H,3H2,1-2H3;7-11H,6H2,1-5H3;4-8,11H,3H2,1-2H3. The maximum Gasteiger partial charge on any atom is 0.120 e. The molecule has 0 amide bonds. The molecule has 0 saturated heterocycles. The van der Waals surface area contributed by atoms with Gasteiger partial charge in [-0.3, -0.25) is 0 Å². The van der Waals surface area contributed by atoms with Crippen LogP contribution in [0.1, 0.15) is 116 Å². The Morgan fingerprint density at radius 3 is 1.41 bits per heavy atom. The van der Waals surface area contributed by atoms with E-state index in [0.717, 1.165) is 24.0 Å². The first-order valence-corrected chi connectivity index (χ1v) is 15.2. The molecule has 41 heavy (non-hydrogen) atoms. The minimum absolute atomic E-state index is 0.113. The van der Waals surface area contributed by atoms with Crippen LogP contribution in [0.4, 0.5) is 0 Å². The van der Waals surface area contributed by atoms with E-state index in [1.807, 2.05) is 18.2 Å². The van der Waals surface area contributed by atoms with Crippen molar-refractivity contribution in [1.29, 1.82) is 0 Å². The molecule has 0 heterocycles. The molecule has 3 nitrogen and oxygen atoms in total. The first-order valence-electron chi connectivity index (χ1n) is 15.2. The lowest BCUT2D eigenvalue weighted by Gasteiger charge is -2.21. The van der Waals surface area contributed by atoms with Crippen LogP contribution in [-0.4, -0.2) is 15.8 Å². The van der Waals surface area contributed by atoms with Gasteiger partial charge in [0.05, 0.1) is 0 Å². The van der Waals surface area contributed by atoms with Gasteiger partial charge in [0.25, 0.3) is 0 Å². The molecule has 2 N–H and O–H groups in total. The summed E-state index contributed by atoms with van der Waals surface area (Å²) in [5.74, 6) is 3.46. The van der Waals surface area contributed by atoms with Crippen LogP contribution in [0.5, 0.6) is 17.2 Å². The molecule has 0 saturated carbocycles. The fourth-order valence-corrected chi connectivity index (χ4v) is 4.29. The van der Waals surface area contributed by atoms with E-state index in [9.17, 15) is 5.11 Å². The summed E-state index contributed by atoms with van der Waals surface area (Å²) in [5.41, 5.74) is 3.94. The van der Waals surface area contributed by atoms with Crippen molar-refractivity contribution >= 4 is 10.8 Å². The zero-order valence-corrected chi connectivity index (χ0v) is 26.7. The molecule has 4 aromatic rings. The summed E-state index contributed by atoms with van der Waals surface area (Å²) in [6.45, 7) is 19.4. The molecule has 0 spiro atoms. The Kier molecular flexibility index (Phi) is 13.3. The lowest BCUT2D eigenvalue weighted by molar-refractivity contribution is 0.131. The van der Waals surface area contributed by atoms with Crippen molar-refractivity contribution in [3.63, 3.8) is 0 Å². The summed E-state index contributed by atoms with van der Waals surface area (Å²) in [6, 6.07) is 27.8. The van der Waals surface area contributed by atoms with Crippen LogP contribution < -0.4 is 4.74 Å². The third kappa shape index (κ3) is 11.5. The number of ether oxygens (including phenoxy) is 1. The summed E-state index contributed by atoms with van der Waals surface area (Å²) < 4.78 is 5.77. The molecule has 0 aliphatic carbocycles. The number of rotatable bonds is 7. The minimum Gasteiger partial charge on any atom is -0.508 e. The minimum atomic E-state index is -0.113. The van der Waals surface area contributed by atoms with E-state index in [2.05, 4.69) is 105 Å². The summed E-state index contributed by atoms with van der Waals surface area (Å²) in [6.07, 6.45) is 3.48. The Labute approximate surface area is 249 Å². The van der Waals surface area contributed by atoms with Gasteiger partial charge in [0, 0.05) is 0 Å². The Morgan fingerprint density at radius 1 is 0.537 bits per heavy atom. The average Bonchev–Trinajstić information content (AvgIpc) is 2.96. The Balaban J connectivity index is 0.000000218. The summed E-state index contributed by atoms with van der Waals surface area (Å²) in [7, 11) is 0. The van der Waals surface area contributed by atoms with Gasteiger partial charge in [-0.2, -0.15) is 0 Å². The molecular weight excluding hydrogens is 504 g/mol. The van der Waals surface area contributed by atoms with Crippen molar-refractivity contribution in [2.45, 2.75) is 105 Å². The van der Waals surface area contributed by atoms with Crippen molar-refractivity contribution < 1.29 is 14.9 Å². The second-order valence-electron chi connectivity index (χ2n) is 12.1. The topological polar surface area (TPSA) is 49.7 Å². The molecule has 0 aliphatic heterocycles. The molecule has 3 heteroatoms. The molecule has 0 fully saturated rings. The first-order chi connectivity index (χ1) is 19.4. The van der Waals surface area contributed by atoms with E-state index < -0.39 is 0 Å². The molecule has 4 aromatic carbocycles. The van der Waals surface area contributed by atoms with E-state index in [1.54, 1.807) is 24.3 Å². The van der Waals surface area contributed by atoms with E-state index in [-0.39, 0.29) is 5.60 Å². The molecule has 4 rings (SSSR count). The Morgan fingerprint density at radius 2 is 0.927 bits per heavy atom. The SMILES string of the molecule is CCC(C)c1ccc(O)cc1.CCC(C)c1ccc(OC(C)(C)C)cc1.CCC(C)c1ccc2cc(O)ccc2c1. The Hall–Kier alpha value is -3.46. The number of hydrogen-bond donors (Lipinski definition) is 2. The number of benzene rings is 4. The van der Waals surface area contributed by atoms with Gasteiger partial charge in [-0.15, -0.1) is 0 Å². The van der Waals surface area contributed by atoms with Gasteiger partial charge in [0.2, 0.25) is 0 Å². The molecule has 222 valence electrons. The number of phenolic OH excluding ortho intramolecular Hbond substituents is 2. The van der Waals surface area contributed by atoms with Crippen LogP contribution in [0.25, 0.3) is 10.8 Å². The van der Waals surface area contributed by atoms with Gasteiger partial charge in [-0.25, -0.2) is 0 Å². The quantitative estimate of drug-likeness (QED) is 0.238. The number of aromatic hydroxyl groups is 2. The van der Waals surface area contributed by atoms with Crippen molar-refractivity contribution in [2.75, 3.05) is 0 Å². The van der Waals surface area contributed by atoms with Crippen LogP contribution in [0.3, 0.4) is 0 Å². The highest BCUT2D eigenvalue weighted by molar-refractivity contribution is 5.84. The van der Waals surface area contributed by atoms with Gasteiger partial charge >= 0.3 is 0 Å². The fraction of sp³-hybridized carbons (Fsp3) is 0.421. The maximum atomic E-state index is 9.35. The number of fused-ring (bicyclic) bond motifs is 1. The Bertz CT molecular complexity index is 1300. The predicted molar refractivity (Wildman–Crippen MR) is 177 cm³/mol. The highest BCUT2D eigenvalue weighted by Gasteiger charge is 2.12. The fourth-order valence-electron chi connectivity index (χ4n) is 4.29. The first kappa shape index (κ1) is 33.7. The smallest absolute Gasteiger partial charge is 0.120 e. The van der Waals surface area contributed by atoms with Crippen LogP contribution >= 0.6 is 0 Å². The molecule has 0 aromatic heterocycles.